The van der Waals surface area contributed by atoms with Crippen molar-refractivity contribution in [2.24, 2.45) is 0 Å². The fourth-order valence-electron chi connectivity index (χ4n) is 3.80. The van der Waals surface area contributed by atoms with Gasteiger partial charge in [-0.1, -0.05) is 56.3 Å². The average Bonchev–Trinajstić information content (AvgIpc) is 3.25. The van der Waals surface area contributed by atoms with Crippen molar-refractivity contribution in [3.8, 4) is 11.1 Å². The van der Waals surface area contributed by atoms with Gasteiger partial charge in [-0.2, -0.15) is 30.3 Å². The molecule has 2 aromatic carbocycles. The Labute approximate surface area is 209 Å². The average molecular weight is 522 g/mol. The van der Waals surface area contributed by atoms with Crippen molar-refractivity contribution >= 4 is 8.80 Å². The molecule has 1 N–H and O–H groups in total. The molecule has 5 heteroatoms. The Kier molecular flexibility index (Phi) is 13.6. The molecule has 0 fully saturated rings. The maximum atomic E-state index is 8.70. The Morgan fingerprint density at radius 2 is 1.76 bits per heavy atom. The first-order valence-corrected chi connectivity index (χ1v) is 11.9. The SMILES string of the molecule is CC1c2[c-]cccc2-c2ccccc21.C[Si](C)C1=[C-]CC=C1CCCO.[Cl-].[Cl-].[Zr+4]. The van der Waals surface area contributed by atoms with Gasteiger partial charge in [0, 0.05) is 15.4 Å². The number of fused-ring (bicyclic) bond motifs is 3. The molecule has 0 amide bonds. The van der Waals surface area contributed by atoms with Gasteiger partial charge in [-0.3, -0.25) is 6.08 Å². The van der Waals surface area contributed by atoms with E-state index in [0.29, 0.717) is 12.5 Å². The van der Waals surface area contributed by atoms with E-state index < -0.39 is 0 Å². The molecule has 4 rings (SSSR count). The van der Waals surface area contributed by atoms with E-state index in [1.807, 2.05) is 6.07 Å². The predicted molar refractivity (Wildman–Crippen MR) is 111 cm³/mol. The zero-order valence-corrected chi connectivity index (χ0v) is 22.2. The minimum atomic E-state index is -0.335. The van der Waals surface area contributed by atoms with Crippen molar-refractivity contribution in [2.75, 3.05) is 6.61 Å². The van der Waals surface area contributed by atoms with Crippen LogP contribution in [0.1, 0.15) is 43.2 Å². The third kappa shape index (κ3) is 6.77. The summed E-state index contributed by atoms with van der Waals surface area (Å²) in [5, 5.41) is 10.2. The number of aliphatic hydroxyl groups is 1. The molecule has 0 saturated heterocycles. The van der Waals surface area contributed by atoms with Crippen LogP contribution in [-0.4, -0.2) is 20.5 Å². The van der Waals surface area contributed by atoms with Crippen LogP contribution < -0.4 is 24.8 Å². The van der Waals surface area contributed by atoms with Crippen molar-refractivity contribution in [1.82, 2.24) is 0 Å². The van der Waals surface area contributed by atoms with Gasteiger partial charge in [0.15, 0.2) is 0 Å². The van der Waals surface area contributed by atoms with Crippen LogP contribution in [0.5, 0.6) is 0 Å². The molecule has 1 atom stereocenters. The van der Waals surface area contributed by atoms with Crippen LogP contribution in [0.25, 0.3) is 11.1 Å². The van der Waals surface area contributed by atoms with Gasteiger partial charge >= 0.3 is 26.2 Å². The summed E-state index contributed by atoms with van der Waals surface area (Å²) < 4.78 is 0. The van der Waals surface area contributed by atoms with E-state index in [-0.39, 0.29) is 59.8 Å². The summed E-state index contributed by atoms with van der Waals surface area (Å²) in [6.07, 6.45) is 8.58. The maximum Gasteiger partial charge on any atom is 4.00 e. The number of benzene rings is 2. The smallest absolute Gasteiger partial charge is 1.00 e. The van der Waals surface area contributed by atoms with Gasteiger partial charge in [0.05, 0.1) is 0 Å². The summed E-state index contributed by atoms with van der Waals surface area (Å²) in [6, 6.07) is 18.2. The molecule has 151 valence electrons. The second-order valence-corrected chi connectivity index (χ2v) is 9.62. The third-order valence-electron chi connectivity index (χ3n) is 5.09. The molecule has 0 aromatic heterocycles. The largest absolute Gasteiger partial charge is 4.00 e. The molecule has 0 heterocycles. The maximum absolute atomic E-state index is 8.70. The number of hydrogen-bond acceptors (Lipinski definition) is 1. The number of aliphatic hydroxyl groups excluding tert-OH is 1. The Bertz CT molecular complexity index is 788. The predicted octanol–water partition coefficient (Wildman–Crippen LogP) is -0.263. The van der Waals surface area contributed by atoms with E-state index in [4.69, 9.17) is 5.11 Å². The van der Waals surface area contributed by atoms with E-state index in [1.54, 1.807) is 0 Å². The van der Waals surface area contributed by atoms with Gasteiger partial charge in [0.25, 0.3) is 0 Å². The Morgan fingerprint density at radius 1 is 1.07 bits per heavy atom. The van der Waals surface area contributed by atoms with Crippen LogP contribution >= 0.6 is 0 Å². The third-order valence-corrected chi connectivity index (χ3v) is 6.59. The van der Waals surface area contributed by atoms with Crippen molar-refractivity contribution < 1.29 is 56.1 Å². The topological polar surface area (TPSA) is 20.2 Å². The van der Waals surface area contributed by atoms with Gasteiger partial charge in [-0.15, -0.1) is 17.5 Å². The van der Waals surface area contributed by atoms with E-state index >= 15 is 0 Å². The van der Waals surface area contributed by atoms with Crippen molar-refractivity contribution in [1.29, 1.82) is 0 Å². The van der Waals surface area contributed by atoms with Gasteiger partial charge in [-0.05, 0) is 17.9 Å². The van der Waals surface area contributed by atoms with Crippen molar-refractivity contribution in [3.05, 3.63) is 82.6 Å². The molecule has 1 nitrogen and oxygen atoms in total. The molecule has 29 heavy (non-hydrogen) atoms. The molecule has 0 saturated carbocycles. The molecule has 0 aliphatic heterocycles. The molecule has 0 spiro atoms. The first-order chi connectivity index (χ1) is 12.6. The Hall–Kier alpha value is -0.440. The van der Waals surface area contributed by atoms with E-state index in [9.17, 15) is 0 Å². The van der Waals surface area contributed by atoms with Gasteiger partial charge in [0.1, 0.15) is 0 Å². The van der Waals surface area contributed by atoms with E-state index in [0.717, 1.165) is 19.3 Å². The van der Waals surface area contributed by atoms with Gasteiger partial charge in [-0.25, -0.2) is 10.8 Å². The van der Waals surface area contributed by atoms with Gasteiger partial charge < -0.3 is 29.9 Å². The second kappa shape index (κ2) is 13.8. The molecule has 1 radical (unpaired) electrons. The number of allylic oxidation sites excluding steroid dienone is 4. The van der Waals surface area contributed by atoms with Gasteiger partial charge in [0.2, 0.25) is 0 Å². The summed E-state index contributed by atoms with van der Waals surface area (Å²) in [4.78, 5) is 0. The minimum Gasteiger partial charge on any atom is -1.00 e. The van der Waals surface area contributed by atoms with Crippen LogP contribution in [0.3, 0.4) is 0 Å². The second-order valence-electron chi connectivity index (χ2n) is 7.12. The normalized spacial score (nSPS) is 15.4. The summed E-state index contributed by atoms with van der Waals surface area (Å²) in [6.45, 7) is 7.15. The zero-order valence-electron chi connectivity index (χ0n) is 17.2. The van der Waals surface area contributed by atoms with E-state index in [2.05, 4.69) is 74.6 Å². The Balaban J connectivity index is 0.000000496. The number of halogens is 2. The monoisotopic (exact) mass is 519 g/mol. The zero-order chi connectivity index (χ0) is 18.5. The Morgan fingerprint density at radius 3 is 2.45 bits per heavy atom. The summed E-state index contributed by atoms with van der Waals surface area (Å²) in [7, 11) is -0.335. The molecule has 2 aliphatic carbocycles. The van der Waals surface area contributed by atoms with Crippen LogP contribution in [0.4, 0.5) is 0 Å². The standard InChI is InChI=1S/C14H11.C10H16OSi.2ClH.Zr/c1-10-11-6-2-4-8-13(11)14-9-5-3-7-12(10)14;1-12(2)10-7-3-5-9(10)6-4-8-11;;;/h2-6,8-10H,1H3;5,11H,3-4,6,8H2,1-2H3;2*1H;/q2*-1;;;+4/p-2. The minimum absolute atomic E-state index is 0. The van der Waals surface area contributed by atoms with Crippen LogP contribution in [0.15, 0.2) is 59.3 Å². The first kappa shape index (κ1) is 28.6. The molecular formula is C24H27Cl2OSiZr. The van der Waals surface area contributed by atoms with Crippen LogP contribution in [0, 0.1) is 12.1 Å². The summed E-state index contributed by atoms with van der Waals surface area (Å²) in [5.41, 5.74) is 6.96. The fourth-order valence-corrected chi connectivity index (χ4v) is 5.13. The molecule has 1 unspecified atom stereocenters. The molecular weight excluding hydrogens is 494 g/mol. The van der Waals surface area contributed by atoms with Crippen molar-refractivity contribution in [3.63, 3.8) is 0 Å². The summed E-state index contributed by atoms with van der Waals surface area (Å²) in [5.74, 6) is 0.502. The molecule has 2 aliphatic rings. The van der Waals surface area contributed by atoms with Crippen LogP contribution in [0.2, 0.25) is 13.1 Å². The summed E-state index contributed by atoms with van der Waals surface area (Å²) >= 11 is 0. The quantitative estimate of drug-likeness (QED) is 0.434. The fraction of sp³-hybridized carbons (Fsp3) is 0.333. The first-order valence-electron chi connectivity index (χ1n) is 9.45. The molecule has 2 aromatic rings. The molecule has 0 bridgehead atoms. The van der Waals surface area contributed by atoms with Crippen molar-refractivity contribution in [2.45, 2.75) is 45.2 Å². The number of rotatable bonds is 4. The van der Waals surface area contributed by atoms with Crippen LogP contribution in [-0.2, 0) is 26.2 Å². The van der Waals surface area contributed by atoms with E-state index in [1.165, 1.54) is 33.0 Å². The number of hydrogen-bond donors (Lipinski definition) is 1.